The molecule has 0 aromatic heterocycles. The molecule has 0 aromatic rings. The first-order chi connectivity index (χ1) is 4.88. The summed E-state index contributed by atoms with van der Waals surface area (Å²) in [5.74, 6) is 0.553. The second kappa shape index (κ2) is 2.01. The maximum Gasteiger partial charge on any atom is 0.129 e. The molecule has 0 N–H and O–H groups in total. The van der Waals surface area contributed by atoms with Gasteiger partial charge in [0.25, 0.3) is 0 Å². The summed E-state index contributed by atoms with van der Waals surface area (Å²) in [6.45, 7) is 3.91. The van der Waals surface area contributed by atoms with Crippen LogP contribution in [0.15, 0.2) is 36.6 Å². The summed E-state index contributed by atoms with van der Waals surface area (Å²) < 4.78 is 5.34. The lowest BCUT2D eigenvalue weighted by Gasteiger charge is -2.21. The zero-order chi connectivity index (χ0) is 6.97. The minimum Gasteiger partial charge on any atom is -0.493 e. The van der Waals surface area contributed by atoms with Gasteiger partial charge in [-0.2, -0.15) is 0 Å². The molecule has 0 saturated carbocycles. The van der Waals surface area contributed by atoms with Gasteiger partial charge in [0.1, 0.15) is 6.10 Å². The van der Waals surface area contributed by atoms with E-state index >= 15 is 0 Å². The highest BCUT2D eigenvalue weighted by molar-refractivity contribution is 5.28. The molecule has 2 aliphatic rings. The van der Waals surface area contributed by atoms with Gasteiger partial charge in [-0.05, 0) is 18.1 Å². The topological polar surface area (TPSA) is 9.23 Å². The Morgan fingerprint density at radius 3 is 3.30 bits per heavy atom. The fraction of sp³-hybridized carbons (Fsp3) is 0.333. The van der Waals surface area contributed by atoms with Gasteiger partial charge >= 0.3 is 0 Å². The van der Waals surface area contributed by atoms with E-state index in [1.54, 1.807) is 6.26 Å². The highest BCUT2D eigenvalue weighted by atomic mass is 16.5. The molecular weight excluding hydrogens is 124 g/mol. The number of hydrogen-bond donors (Lipinski definition) is 0. The van der Waals surface area contributed by atoms with E-state index in [2.05, 4.69) is 18.7 Å². The van der Waals surface area contributed by atoms with Crippen LogP contribution in [-0.4, -0.2) is 6.10 Å². The monoisotopic (exact) mass is 134 g/mol. The predicted octanol–water partition coefficient (Wildman–Crippen LogP) is 2.03. The third-order valence-electron chi connectivity index (χ3n) is 2.05. The van der Waals surface area contributed by atoms with E-state index in [0.29, 0.717) is 5.92 Å². The smallest absolute Gasteiger partial charge is 0.129 e. The number of hydrogen-bond acceptors (Lipinski definition) is 1. The average Bonchev–Trinajstić information content (AvgIpc) is 2.36. The van der Waals surface area contributed by atoms with Gasteiger partial charge in [0.05, 0.1) is 6.26 Å². The maximum atomic E-state index is 5.34. The highest BCUT2D eigenvalue weighted by Crippen LogP contribution is 2.30. The molecule has 1 aliphatic carbocycles. The molecule has 0 fully saturated rings. The molecule has 10 heavy (non-hydrogen) atoms. The number of rotatable bonds is 0. The molecule has 0 radical (unpaired) electrons. The highest BCUT2D eigenvalue weighted by Gasteiger charge is 2.27. The molecule has 0 spiro atoms. The first-order valence-corrected chi connectivity index (χ1v) is 3.55. The number of fused-ring (bicyclic) bond motifs is 1. The molecule has 2 rings (SSSR count). The summed E-state index contributed by atoms with van der Waals surface area (Å²) in [7, 11) is 0. The van der Waals surface area contributed by atoms with Gasteiger partial charge < -0.3 is 4.74 Å². The van der Waals surface area contributed by atoms with Crippen LogP contribution in [0.3, 0.4) is 0 Å². The fourth-order valence-electron chi connectivity index (χ4n) is 1.47. The van der Waals surface area contributed by atoms with Crippen molar-refractivity contribution < 1.29 is 4.74 Å². The van der Waals surface area contributed by atoms with Crippen molar-refractivity contribution in [1.82, 2.24) is 0 Å². The Kier molecular flexibility index (Phi) is 1.16. The molecule has 1 aliphatic heterocycles. The largest absolute Gasteiger partial charge is 0.493 e. The maximum absolute atomic E-state index is 5.34. The Hall–Kier alpha value is -0.980. The Balaban J connectivity index is 2.25. The van der Waals surface area contributed by atoms with E-state index in [4.69, 9.17) is 4.74 Å². The summed E-state index contributed by atoms with van der Waals surface area (Å²) in [4.78, 5) is 0. The minimum absolute atomic E-state index is 0.241. The van der Waals surface area contributed by atoms with Crippen molar-refractivity contribution >= 4 is 0 Å². The van der Waals surface area contributed by atoms with Crippen LogP contribution in [-0.2, 0) is 4.74 Å². The zero-order valence-electron chi connectivity index (χ0n) is 5.79. The molecular formula is C9H10O. The molecule has 2 atom stereocenters. The summed E-state index contributed by atoms with van der Waals surface area (Å²) >= 11 is 0. The summed E-state index contributed by atoms with van der Waals surface area (Å²) in [6.07, 6.45) is 9.44. The lowest BCUT2D eigenvalue weighted by molar-refractivity contribution is 0.169. The molecule has 1 heteroatoms. The normalized spacial score (nSPS) is 35.8. The summed E-state index contributed by atoms with van der Waals surface area (Å²) in [5.41, 5.74) is 1.10. The first-order valence-electron chi connectivity index (χ1n) is 3.55. The molecule has 0 saturated heterocycles. The Bertz CT molecular complexity index is 213. The molecule has 0 aromatic carbocycles. The lowest BCUT2D eigenvalue weighted by Crippen LogP contribution is -2.19. The van der Waals surface area contributed by atoms with E-state index in [9.17, 15) is 0 Å². The Labute approximate surface area is 60.7 Å². The van der Waals surface area contributed by atoms with Crippen molar-refractivity contribution in [2.75, 3.05) is 0 Å². The summed E-state index contributed by atoms with van der Waals surface area (Å²) in [5, 5.41) is 0. The molecule has 1 heterocycles. The van der Waals surface area contributed by atoms with Crippen LogP contribution in [0.4, 0.5) is 0 Å². The van der Waals surface area contributed by atoms with Crippen molar-refractivity contribution in [2.24, 2.45) is 5.92 Å². The standard InChI is InChI=1S/C9H10O/c1-7-3-2-4-8-5-6-10-9(7)8/h2-3,5-6,8-9H,1,4H2. The van der Waals surface area contributed by atoms with Crippen LogP contribution in [0.1, 0.15) is 6.42 Å². The van der Waals surface area contributed by atoms with Crippen molar-refractivity contribution in [3.63, 3.8) is 0 Å². The van der Waals surface area contributed by atoms with Gasteiger partial charge in [-0.25, -0.2) is 0 Å². The van der Waals surface area contributed by atoms with E-state index in [1.165, 1.54) is 0 Å². The quantitative estimate of drug-likeness (QED) is 0.492. The van der Waals surface area contributed by atoms with Gasteiger partial charge in [-0.15, -0.1) is 0 Å². The zero-order valence-corrected chi connectivity index (χ0v) is 5.79. The first kappa shape index (κ1) is 5.78. The molecule has 52 valence electrons. The van der Waals surface area contributed by atoms with Gasteiger partial charge in [0, 0.05) is 5.92 Å². The van der Waals surface area contributed by atoms with Gasteiger partial charge in [-0.1, -0.05) is 18.7 Å². The van der Waals surface area contributed by atoms with Gasteiger partial charge in [-0.3, -0.25) is 0 Å². The van der Waals surface area contributed by atoms with Crippen molar-refractivity contribution in [1.29, 1.82) is 0 Å². The van der Waals surface area contributed by atoms with E-state index in [-0.39, 0.29) is 6.10 Å². The molecule has 0 bridgehead atoms. The summed E-state index contributed by atoms with van der Waals surface area (Å²) in [6, 6.07) is 0. The van der Waals surface area contributed by atoms with E-state index < -0.39 is 0 Å². The van der Waals surface area contributed by atoms with Gasteiger partial charge in [0.15, 0.2) is 0 Å². The van der Waals surface area contributed by atoms with Crippen molar-refractivity contribution in [3.8, 4) is 0 Å². The fourth-order valence-corrected chi connectivity index (χ4v) is 1.47. The molecule has 1 nitrogen and oxygen atoms in total. The van der Waals surface area contributed by atoms with Crippen LogP contribution >= 0.6 is 0 Å². The van der Waals surface area contributed by atoms with Crippen LogP contribution in [0.2, 0.25) is 0 Å². The van der Waals surface area contributed by atoms with Crippen LogP contribution < -0.4 is 0 Å². The van der Waals surface area contributed by atoms with E-state index in [0.717, 1.165) is 12.0 Å². The van der Waals surface area contributed by atoms with Gasteiger partial charge in [0.2, 0.25) is 0 Å². The molecule has 2 unspecified atom stereocenters. The van der Waals surface area contributed by atoms with E-state index in [1.807, 2.05) is 6.08 Å². The lowest BCUT2D eigenvalue weighted by atomic mass is 9.90. The predicted molar refractivity (Wildman–Crippen MR) is 40.4 cm³/mol. The number of allylic oxidation sites excluding steroid dienone is 1. The number of ether oxygens (including phenoxy) is 1. The van der Waals surface area contributed by atoms with Crippen molar-refractivity contribution in [2.45, 2.75) is 12.5 Å². The van der Waals surface area contributed by atoms with Crippen LogP contribution in [0, 0.1) is 5.92 Å². The second-order valence-electron chi connectivity index (χ2n) is 2.76. The Morgan fingerprint density at radius 2 is 2.50 bits per heavy atom. The van der Waals surface area contributed by atoms with Crippen LogP contribution in [0.25, 0.3) is 0 Å². The SMILES string of the molecule is C=C1C=CCC2C=COC12. The third-order valence-corrected chi connectivity index (χ3v) is 2.05. The second-order valence-corrected chi connectivity index (χ2v) is 2.76. The molecule has 0 amide bonds. The minimum atomic E-state index is 0.241. The third kappa shape index (κ3) is 0.703. The van der Waals surface area contributed by atoms with Crippen LogP contribution in [0.5, 0.6) is 0 Å². The Morgan fingerprint density at radius 1 is 1.60 bits per heavy atom. The van der Waals surface area contributed by atoms with Crippen molar-refractivity contribution in [3.05, 3.63) is 36.6 Å². The average molecular weight is 134 g/mol.